The fraction of sp³-hybridized carbons (Fsp3) is 0.200. The molecule has 1 aromatic carbocycles. The lowest BCUT2D eigenvalue weighted by molar-refractivity contribution is -0.389. The third kappa shape index (κ3) is 4.07. The predicted octanol–water partition coefficient (Wildman–Crippen LogP) is 2.77. The van der Waals surface area contributed by atoms with Crippen LogP contribution in [0.1, 0.15) is 27.8 Å². The number of benzene rings is 1. The average Bonchev–Trinajstić information content (AvgIpc) is 3.21. The van der Waals surface area contributed by atoms with Crippen molar-refractivity contribution >= 4 is 34.9 Å². The Balaban J connectivity index is 1.68. The zero-order valence-electron chi connectivity index (χ0n) is 13.8. The van der Waals surface area contributed by atoms with Gasteiger partial charge in [0.2, 0.25) is 0 Å². The minimum atomic E-state index is -0.685. The summed E-state index contributed by atoms with van der Waals surface area (Å²) in [7, 11) is 0. The SMILES string of the molecule is Cc1c(Cl)c([N+](=O)[O-])nn1Cc1noc(C(=O)NCc2ccccc2Cl)n1. The summed E-state index contributed by atoms with van der Waals surface area (Å²) in [6, 6.07) is 7.07. The van der Waals surface area contributed by atoms with Crippen LogP contribution in [0.25, 0.3) is 0 Å². The number of amides is 1. The Morgan fingerprint density at radius 1 is 1.37 bits per heavy atom. The van der Waals surface area contributed by atoms with Crippen LogP contribution in [0.5, 0.6) is 0 Å². The summed E-state index contributed by atoms with van der Waals surface area (Å²) in [6.07, 6.45) is 0. The normalized spacial score (nSPS) is 10.8. The van der Waals surface area contributed by atoms with E-state index in [2.05, 4.69) is 20.6 Å². The van der Waals surface area contributed by atoms with Gasteiger partial charge in [0.15, 0.2) is 10.8 Å². The number of hydrogen-bond donors (Lipinski definition) is 1. The van der Waals surface area contributed by atoms with Crippen LogP contribution in [0.2, 0.25) is 10.0 Å². The molecule has 0 aliphatic carbocycles. The van der Waals surface area contributed by atoms with E-state index in [-0.39, 0.29) is 29.8 Å². The van der Waals surface area contributed by atoms with Crippen LogP contribution in [0, 0.1) is 17.0 Å². The van der Waals surface area contributed by atoms with Crippen molar-refractivity contribution in [3.63, 3.8) is 0 Å². The molecule has 2 aromatic heterocycles. The van der Waals surface area contributed by atoms with Gasteiger partial charge in [0.25, 0.3) is 0 Å². The highest BCUT2D eigenvalue weighted by molar-refractivity contribution is 6.33. The van der Waals surface area contributed by atoms with Crippen molar-refractivity contribution in [2.75, 3.05) is 0 Å². The molecule has 0 atom stereocenters. The summed E-state index contributed by atoms with van der Waals surface area (Å²) >= 11 is 11.9. The maximum absolute atomic E-state index is 12.1. The standard InChI is InChI=1S/C15H12Cl2N6O4/c1-8-12(17)13(23(25)26)20-22(8)7-11-19-15(27-21-11)14(24)18-6-9-4-2-3-5-10(9)16/h2-5H,6-7H2,1H3,(H,18,24). The van der Waals surface area contributed by atoms with Crippen molar-refractivity contribution in [3.8, 4) is 0 Å². The molecule has 1 N–H and O–H groups in total. The average molecular weight is 411 g/mol. The Kier molecular flexibility index (Phi) is 5.38. The molecule has 0 unspecified atom stereocenters. The van der Waals surface area contributed by atoms with E-state index in [1.807, 2.05) is 0 Å². The third-order valence-electron chi connectivity index (χ3n) is 3.64. The van der Waals surface area contributed by atoms with Crippen molar-refractivity contribution in [1.29, 1.82) is 0 Å². The van der Waals surface area contributed by atoms with Gasteiger partial charge in [0.05, 0.1) is 10.8 Å². The molecule has 0 radical (unpaired) electrons. The molecule has 0 aliphatic heterocycles. The molecule has 2 heterocycles. The quantitative estimate of drug-likeness (QED) is 0.488. The predicted molar refractivity (Wildman–Crippen MR) is 94.7 cm³/mol. The van der Waals surface area contributed by atoms with Crippen LogP contribution < -0.4 is 5.32 Å². The first-order chi connectivity index (χ1) is 12.9. The van der Waals surface area contributed by atoms with Gasteiger partial charge in [-0.05, 0) is 23.5 Å². The third-order valence-corrected chi connectivity index (χ3v) is 4.45. The Morgan fingerprint density at radius 2 is 2.11 bits per heavy atom. The zero-order valence-corrected chi connectivity index (χ0v) is 15.4. The topological polar surface area (TPSA) is 129 Å². The monoisotopic (exact) mass is 410 g/mol. The Bertz CT molecular complexity index is 1020. The number of nitrogens with one attached hydrogen (secondary N) is 1. The minimum absolute atomic E-state index is 0.0410. The van der Waals surface area contributed by atoms with E-state index >= 15 is 0 Å². The van der Waals surface area contributed by atoms with E-state index in [9.17, 15) is 14.9 Å². The number of rotatable bonds is 6. The smallest absolute Gasteiger partial charge is 0.358 e. The maximum atomic E-state index is 12.1. The Morgan fingerprint density at radius 3 is 2.78 bits per heavy atom. The number of aromatic nitrogens is 4. The first-order valence-corrected chi connectivity index (χ1v) is 8.34. The Hall–Kier alpha value is -2.98. The molecule has 3 rings (SSSR count). The second-order valence-corrected chi connectivity index (χ2v) is 6.21. The van der Waals surface area contributed by atoms with Gasteiger partial charge in [-0.25, -0.2) is 0 Å². The van der Waals surface area contributed by atoms with Crippen LogP contribution in [-0.2, 0) is 13.1 Å². The number of carbonyl (C=O) groups excluding carboxylic acids is 1. The van der Waals surface area contributed by atoms with Crippen LogP contribution in [0.4, 0.5) is 5.82 Å². The van der Waals surface area contributed by atoms with E-state index in [0.717, 1.165) is 5.56 Å². The summed E-state index contributed by atoms with van der Waals surface area (Å²) < 4.78 is 6.19. The molecule has 10 nitrogen and oxygen atoms in total. The van der Waals surface area contributed by atoms with Crippen LogP contribution in [0.15, 0.2) is 28.8 Å². The molecular formula is C15H12Cl2N6O4. The van der Waals surface area contributed by atoms with Gasteiger partial charge in [-0.15, -0.1) is 0 Å². The number of carbonyl (C=O) groups is 1. The summed E-state index contributed by atoms with van der Waals surface area (Å²) in [4.78, 5) is 26.3. The summed E-state index contributed by atoms with van der Waals surface area (Å²) in [5, 5.41) is 21.4. The van der Waals surface area contributed by atoms with Gasteiger partial charge in [-0.1, -0.05) is 46.6 Å². The van der Waals surface area contributed by atoms with Gasteiger partial charge in [0, 0.05) is 11.6 Å². The number of nitro groups is 1. The second kappa shape index (κ2) is 7.72. The van der Waals surface area contributed by atoms with Crippen molar-refractivity contribution < 1.29 is 14.2 Å². The van der Waals surface area contributed by atoms with Crippen molar-refractivity contribution in [2.24, 2.45) is 0 Å². The highest BCUT2D eigenvalue weighted by atomic mass is 35.5. The second-order valence-electron chi connectivity index (χ2n) is 5.43. The van der Waals surface area contributed by atoms with Gasteiger partial charge < -0.3 is 20.0 Å². The van der Waals surface area contributed by atoms with E-state index in [0.29, 0.717) is 10.7 Å². The van der Waals surface area contributed by atoms with E-state index in [1.165, 1.54) is 4.68 Å². The van der Waals surface area contributed by atoms with Crippen LogP contribution >= 0.6 is 23.2 Å². The van der Waals surface area contributed by atoms with Gasteiger partial charge in [-0.3, -0.25) is 4.79 Å². The highest BCUT2D eigenvalue weighted by Crippen LogP contribution is 2.26. The molecule has 12 heteroatoms. The minimum Gasteiger partial charge on any atom is -0.358 e. The van der Waals surface area contributed by atoms with Crippen LogP contribution in [0.3, 0.4) is 0 Å². The molecule has 0 aliphatic rings. The number of halogens is 2. The zero-order chi connectivity index (χ0) is 19.6. The number of hydrogen-bond acceptors (Lipinski definition) is 7. The molecule has 0 spiro atoms. The first-order valence-electron chi connectivity index (χ1n) is 7.58. The summed E-state index contributed by atoms with van der Waals surface area (Å²) in [5.74, 6) is -1.16. The van der Waals surface area contributed by atoms with Crippen LogP contribution in [-0.4, -0.2) is 30.8 Å². The molecule has 1 amide bonds. The van der Waals surface area contributed by atoms with E-state index < -0.39 is 16.6 Å². The lowest BCUT2D eigenvalue weighted by atomic mass is 10.2. The van der Waals surface area contributed by atoms with Crippen molar-refractivity contribution in [3.05, 3.63) is 67.4 Å². The lowest BCUT2D eigenvalue weighted by Crippen LogP contribution is -2.23. The molecule has 140 valence electrons. The lowest BCUT2D eigenvalue weighted by Gasteiger charge is -2.04. The highest BCUT2D eigenvalue weighted by Gasteiger charge is 2.25. The van der Waals surface area contributed by atoms with Gasteiger partial charge in [0.1, 0.15) is 6.54 Å². The van der Waals surface area contributed by atoms with E-state index in [1.54, 1.807) is 31.2 Å². The Labute approximate surface area is 162 Å². The first kappa shape index (κ1) is 18.8. The fourth-order valence-corrected chi connectivity index (χ4v) is 2.62. The maximum Gasteiger partial charge on any atom is 0.408 e. The van der Waals surface area contributed by atoms with Gasteiger partial charge >= 0.3 is 17.6 Å². The molecular weight excluding hydrogens is 399 g/mol. The molecule has 3 aromatic rings. The molecule has 0 bridgehead atoms. The molecule has 0 fully saturated rings. The summed E-state index contributed by atoms with van der Waals surface area (Å²) in [6.45, 7) is 1.72. The number of nitrogens with zero attached hydrogens (tertiary/aromatic N) is 5. The fourth-order valence-electron chi connectivity index (χ4n) is 2.22. The van der Waals surface area contributed by atoms with Gasteiger partial charge in [-0.2, -0.15) is 9.67 Å². The molecule has 0 saturated carbocycles. The summed E-state index contributed by atoms with van der Waals surface area (Å²) in [5.41, 5.74) is 1.11. The molecule has 0 saturated heterocycles. The van der Waals surface area contributed by atoms with Crippen molar-refractivity contribution in [2.45, 2.75) is 20.0 Å². The van der Waals surface area contributed by atoms with Crippen molar-refractivity contribution in [1.82, 2.24) is 25.2 Å². The molecule has 27 heavy (non-hydrogen) atoms. The largest absolute Gasteiger partial charge is 0.408 e. The van der Waals surface area contributed by atoms with E-state index in [4.69, 9.17) is 27.7 Å².